The molecular weight excluding hydrogens is 376 g/mol. The monoisotopic (exact) mass is 400 g/mol. The van der Waals surface area contributed by atoms with Crippen molar-refractivity contribution < 1.29 is 9.59 Å². The molecule has 2 aromatic carbocycles. The Hall–Kier alpha value is -2.57. The predicted molar refractivity (Wildman–Crippen MR) is 112 cm³/mol. The maximum Gasteiger partial charge on any atom is 0.321 e. The van der Waals surface area contributed by atoms with Crippen LogP contribution in [0.2, 0.25) is 5.02 Å². The van der Waals surface area contributed by atoms with Crippen LogP contribution in [0.15, 0.2) is 54.6 Å². The van der Waals surface area contributed by atoms with Crippen molar-refractivity contribution in [1.29, 1.82) is 0 Å². The van der Waals surface area contributed by atoms with Gasteiger partial charge < -0.3 is 10.2 Å². The lowest BCUT2D eigenvalue weighted by atomic mass is 10.2. The lowest BCUT2D eigenvalue weighted by molar-refractivity contribution is -0.124. The molecule has 0 aromatic heterocycles. The maximum absolute atomic E-state index is 12.4. The molecule has 3 rings (SSSR count). The minimum atomic E-state index is -0.476. The van der Waals surface area contributed by atoms with Gasteiger partial charge in [-0.25, -0.2) is 4.79 Å². The van der Waals surface area contributed by atoms with Crippen LogP contribution in [-0.2, 0) is 11.3 Å². The summed E-state index contributed by atoms with van der Waals surface area (Å²) in [5.74, 6) is -0.295. The third kappa shape index (κ3) is 5.24. The SMILES string of the molecule is CC(C(=O)NC(=O)NCc1ccccc1)N1CCN(c2ccccc2Cl)CC1. The van der Waals surface area contributed by atoms with Gasteiger partial charge in [-0.15, -0.1) is 0 Å². The van der Waals surface area contributed by atoms with Gasteiger partial charge in [0.25, 0.3) is 0 Å². The number of carbonyl (C=O) groups excluding carboxylic acids is 2. The Labute approximate surface area is 170 Å². The molecule has 7 heteroatoms. The van der Waals surface area contributed by atoms with Gasteiger partial charge in [-0.05, 0) is 24.6 Å². The zero-order valence-corrected chi connectivity index (χ0v) is 16.7. The van der Waals surface area contributed by atoms with Gasteiger partial charge in [-0.2, -0.15) is 0 Å². The highest BCUT2D eigenvalue weighted by Gasteiger charge is 2.27. The molecule has 1 atom stereocenters. The van der Waals surface area contributed by atoms with E-state index < -0.39 is 6.03 Å². The predicted octanol–water partition coefficient (Wildman–Crippen LogP) is 2.88. The van der Waals surface area contributed by atoms with E-state index in [4.69, 9.17) is 11.6 Å². The van der Waals surface area contributed by atoms with Gasteiger partial charge in [0, 0.05) is 32.7 Å². The van der Waals surface area contributed by atoms with E-state index in [9.17, 15) is 9.59 Å². The number of nitrogens with zero attached hydrogens (tertiary/aromatic N) is 2. The van der Waals surface area contributed by atoms with Crippen molar-refractivity contribution in [2.45, 2.75) is 19.5 Å². The molecule has 0 radical (unpaired) electrons. The highest BCUT2D eigenvalue weighted by atomic mass is 35.5. The summed E-state index contributed by atoms with van der Waals surface area (Å²) < 4.78 is 0. The normalized spacial score (nSPS) is 15.7. The number of nitrogens with one attached hydrogen (secondary N) is 2. The summed E-state index contributed by atoms with van der Waals surface area (Å²) in [4.78, 5) is 28.7. The van der Waals surface area contributed by atoms with Crippen LogP contribution < -0.4 is 15.5 Å². The molecule has 2 aromatic rings. The van der Waals surface area contributed by atoms with Gasteiger partial charge in [-0.3, -0.25) is 15.0 Å². The third-order valence-electron chi connectivity index (χ3n) is 4.97. The lowest BCUT2D eigenvalue weighted by Crippen LogP contribution is -2.55. The summed E-state index contributed by atoms with van der Waals surface area (Å²) in [6.45, 7) is 5.22. The number of piperazine rings is 1. The fourth-order valence-corrected chi connectivity index (χ4v) is 3.52. The van der Waals surface area contributed by atoms with Gasteiger partial charge in [0.1, 0.15) is 0 Å². The van der Waals surface area contributed by atoms with Crippen LogP contribution in [0.25, 0.3) is 0 Å². The van der Waals surface area contributed by atoms with Crippen molar-refractivity contribution in [2.24, 2.45) is 0 Å². The average molecular weight is 401 g/mol. The van der Waals surface area contributed by atoms with Crippen molar-refractivity contribution in [2.75, 3.05) is 31.1 Å². The van der Waals surface area contributed by atoms with Crippen molar-refractivity contribution in [3.63, 3.8) is 0 Å². The number of hydrogen-bond donors (Lipinski definition) is 2. The van der Waals surface area contributed by atoms with Crippen LogP contribution in [-0.4, -0.2) is 49.1 Å². The fourth-order valence-electron chi connectivity index (χ4n) is 3.26. The van der Waals surface area contributed by atoms with Crippen LogP contribution in [0.1, 0.15) is 12.5 Å². The molecule has 0 saturated carbocycles. The molecule has 0 aliphatic carbocycles. The topological polar surface area (TPSA) is 64.7 Å². The van der Waals surface area contributed by atoms with Gasteiger partial charge >= 0.3 is 6.03 Å². The molecule has 3 amide bonds. The Kier molecular flexibility index (Phi) is 6.90. The Bertz CT molecular complexity index is 807. The summed E-state index contributed by atoms with van der Waals surface area (Å²) in [6.07, 6.45) is 0. The Balaban J connectivity index is 1.45. The van der Waals surface area contributed by atoms with Crippen LogP contribution >= 0.6 is 11.6 Å². The summed E-state index contributed by atoms with van der Waals surface area (Å²) in [6, 6.07) is 16.5. The average Bonchev–Trinajstić information content (AvgIpc) is 2.73. The minimum Gasteiger partial charge on any atom is -0.368 e. The molecule has 1 unspecified atom stereocenters. The second-order valence-electron chi connectivity index (χ2n) is 6.81. The molecule has 28 heavy (non-hydrogen) atoms. The van der Waals surface area contributed by atoms with E-state index in [1.165, 1.54) is 0 Å². The summed E-state index contributed by atoms with van der Waals surface area (Å²) >= 11 is 6.27. The number of para-hydroxylation sites is 1. The molecule has 0 bridgehead atoms. The summed E-state index contributed by atoms with van der Waals surface area (Å²) in [7, 11) is 0. The highest BCUT2D eigenvalue weighted by molar-refractivity contribution is 6.33. The molecule has 1 fully saturated rings. The molecule has 6 nitrogen and oxygen atoms in total. The Morgan fingerprint density at radius 1 is 1.00 bits per heavy atom. The van der Waals surface area contributed by atoms with E-state index in [2.05, 4.69) is 20.4 Å². The van der Waals surface area contributed by atoms with E-state index in [-0.39, 0.29) is 11.9 Å². The molecule has 0 spiro atoms. The zero-order valence-electron chi connectivity index (χ0n) is 15.9. The second kappa shape index (κ2) is 9.57. The number of carbonyl (C=O) groups is 2. The number of imide groups is 1. The Morgan fingerprint density at radius 3 is 2.32 bits per heavy atom. The number of amides is 3. The van der Waals surface area contributed by atoms with Crippen molar-refractivity contribution in [3.8, 4) is 0 Å². The van der Waals surface area contributed by atoms with Gasteiger partial charge in [0.15, 0.2) is 0 Å². The fraction of sp³-hybridized carbons (Fsp3) is 0.333. The number of hydrogen-bond acceptors (Lipinski definition) is 4. The molecule has 2 N–H and O–H groups in total. The Morgan fingerprint density at radius 2 is 1.64 bits per heavy atom. The maximum atomic E-state index is 12.4. The van der Waals surface area contributed by atoms with Gasteiger partial charge in [0.05, 0.1) is 16.8 Å². The molecule has 1 aliphatic heterocycles. The number of anilines is 1. The lowest BCUT2D eigenvalue weighted by Gasteiger charge is -2.38. The van der Waals surface area contributed by atoms with Crippen LogP contribution in [0.4, 0.5) is 10.5 Å². The second-order valence-corrected chi connectivity index (χ2v) is 7.22. The third-order valence-corrected chi connectivity index (χ3v) is 5.29. The van der Waals surface area contributed by atoms with E-state index in [1.807, 2.05) is 61.5 Å². The van der Waals surface area contributed by atoms with E-state index >= 15 is 0 Å². The van der Waals surface area contributed by atoms with E-state index in [0.29, 0.717) is 6.54 Å². The molecular formula is C21H25ClN4O2. The van der Waals surface area contributed by atoms with E-state index in [0.717, 1.165) is 42.5 Å². The number of rotatable bonds is 5. The first-order valence-corrected chi connectivity index (χ1v) is 9.78. The van der Waals surface area contributed by atoms with Gasteiger partial charge in [-0.1, -0.05) is 54.1 Å². The highest BCUT2D eigenvalue weighted by Crippen LogP contribution is 2.26. The number of benzene rings is 2. The smallest absolute Gasteiger partial charge is 0.321 e. The molecule has 1 aliphatic rings. The summed E-state index contributed by atoms with van der Waals surface area (Å²) in [5.41, 5.74) is 2.00. The zero-order chi connectivity index (χ0) is 19.9. The molecule has 1 heterocycles. The van der Waals surface area contributed by atoms with Crippen molar-refractivity contribution in [1.82, 2.24) is 15.5 Å². The molecule has 148 valence electrons. The first-order valence-electron chi connectivity index (χ1n) is 9.41. The number of urea groups is 1. The van der Waals surface area contributed by atoms with Gasteiger partial charge in [0.2, 0.25) is 5.91 Å². The summed E-state index contributed by atoms with van der Waals surface area (Å²) in [5, 5.41) is 5.88. The first kappa shape index (κ1) is 20.2. The quantitative estimate of drug-likeness (QED) is 0.810. The van der Waals surface area contributed by atoms with Crippen molar-refractivity contribution >= 4 is 29.2 Å². The van der Waals surface area contributed by atoms with Crippen molar-refractivity contribution in [3.05, 3.63) is 65.2 Å². The van der Waals surface area contributed by atoms with E-state index in [1.54, 1.807) is 0 Å². The minimum absolute atomic E-state index is 0.295. The largest absolute Gasteiger partial charge is 0.368 e. The van der Waals surface area contributed by atoms with Crippen LogP contribution in [0.5, 0.6) is 0 Å². The van der Waals surface area contributed by atoms with Crippen LogP contribution in [0.3, 0.4) is 0 Å². The standard InChI is InChI=1S/C21H25ClN4O2/c1-16(20(27)24-21(28)23-15-17-7-3-2-4-8-17)25-11-13-26(14-12-25)19-10-6-5-9-18(19)22/h2-10,16H,11-15H2,1H3,(H2,23,24,27,28). The molecule has 1 saturated heterocycles. The first-order chi connectivity index (χ1) is 13.5. The van der Waals surface area contributed by atoms with Crippen LogP contribution in [0, 0.1) is 0 Å². The number of halogens is 1.